The third-order valence-corrected chi connectivity index (χ3v) is 4.86. The number of rotatable bonds is 3. The number of sulfone groups is 1. The summed E-state index contributed by atoms with van der Waals surface area (Å²) in [5.74, 6) is -1.17. The van der Waals surface area contributed by atoms with E-state index in [2.05, 4.69) is 10.2 Å². The van der Waals surface area contributed by atoms with Crippen molar-refractivity contribution in [1.82, 2.24) is 14.8 Å². The summed E-state index contributed by atoms with van der Waals surface area (Å²) in [4.78, 5) is -1.31. The van der Waals surface area contributed by atoms with Crippen LogP contribution in [0.15, 0.2) is 34.6 Å². The third-order valence-electron chi connectivity index (χ3n) is 2.55. The first-order chi connectivity index (χ1) is 10.1. The van der Waals surface area contributed by atoms with Crippen LogP contribution in [0, 0.1) is 5.82 Å². The summed E-state index contributed by atoms with van der Waals surface area (Å²) in [6.07, 6.45) is 2.07. The maximum absolute atomic E-state index is 13.2. The zero-order chi connectivity index (χ0) is 16.7. The molecule has 2 rings (SSSR count). The Labute approximate surface area is 124 Å². The molecule has 0 aliphatic heterocycles. The molecular formula is C10H7F4N3O3S2. The van der Waals surface area contributed by atoms with E-state index in [1.165, 1.54) is 6.26 Å². The topological polar surface area (TPSA) is 81.9 Å². The molecule has 1 unspecified atom stereocenters. The number of nitrogens with zero attached hydrogens (tertiary/aromatic N) is 3. The van der Waals surface area contributed by atoms with Gasteiger partial charge < -0.3 is 0 Å². The number of alkyl halides is 3. The molecule has 2 aromatic rings. The number of hydrogen-bond donors (Lipinski definition) is 0. The summed E-state index contributed by atoms with van der Waals surface area (Å²) in [5.41, 5.74) is -6.16. The normalized spacial score (nSPS) is 14.0. The van der Waals surface area contributed by atoms with Crippen LogP contribution < -0.4 is 0 Å². The molecule has 1 atom stereocenters. The van der Waals surface area contributed by atoms with E-state index in [0.29, 0.717) is 0 Å². The first kappa shape index (κ1) is 16.5. The molecule has 0 bridgehead atoms. The lowest BCUT2D eigenvalue weighted by atomic mass is 10.3. The van der Waals surface area contributed by atoms with E-state index in [1.54, 1.807) is 0 Å². The second kappa shape index (κ2) is 5.43. The van der Waals surface area contributed by atoms with E-state index in [0.717, 1.165) is 23.0 Å². The molecule has 22 heavy (non-hydrogen) atoms. The first-order valence-corrected chi connectivity index (χ1v) is 8.44. The van der Waals surface area contributed by atoms with Gasteiger partial charge in [0.1, 0.15) is 17.0 Å². The molecular weight excluding hydrogens is 350 g/mol. The van der Waals surface area contributed by atoms with Gasteiger partial charge in [-0.05, 0) is 18.2 Å². The van der Waals surface area contributed by atoms with Crippen LogP contribution in [-0.4, -0.2) is 39.2 Å². The first-order valence-electron chi connectivity index (χ1n) is 5.40. The second-order valence-electron chi connectivity index (χ2n) is 4.00. The Morgan fingerprint density at radius 2 is 1.91 bits per heavy atom. The lowest BCUT2D eigenvalue weighted by Crippen LogP contribution is -2.25. The van der Waals surface area contributed by atoms with E-state index >= 15 is 0 Å². The monoisotopic (exact) mass is 357 g/mol. The standard InChI is InChI=1S/C10H7F4N3O3S2/c1-21(18)9-16-15-5-17(9)7-3-2-6(11)4-8(7)22(19,20)10(12,13)14/h2-5H,1H3. The molecule has 0 radical (unpaired) electrons. The van der Waals surface area contributed by atoms with Gasteiger partial charge in [0.2, 0.25) is 5.16 Å². The van der Waals surface area contributed by atoms with E-state index in [4.69, 9.17) is 0 Å². The van der Waals surface area contributed by atoms with Crippen LogP contribution in [0.3, 0.4) is 0 Å². The largest absolute Gasteiger partial charge is 0.501 e. The minimum Gasteiger partial charge on any atom is -0.273 e. The average molecular weight is 357 g/mol. The minimum absolute atomic E-state index is 0.237. The van der Waals surface area contributed by atoms with Crippen molar-refractivity contribution in [2.75, 3.05) is 6.26 Å². The maximum atomic E-state index is 13.2. The molecule has 0 aliphatic rings. The van der Waals surface area contributed by atoms with Gasteiger partial charge in [0.05, 0.1) is 16.5 Å². The molecule has 0 spiro atoms. The van der Waals surface area contributed by atoms with Crippen molar-refractivity contribution in [1.29, 1.82) is 0 Å². The summed E-state index contributed by atoms with van der Waals surface area (Å²) < 4.78 is 86.8. The van der Waals surface area contributed by atoms with Crippen LogP contribution in [0.5, 0.6) is 0 Å². The Balaban J connectivity index is 2.80. The number of aromatic nitrogens is 3. The molecule has 0 amide bonds. The highest BCUT2D eigenvalue weighted by molar-refractivity contribution is 7.92. The van der Waals surface area contributed by atoms with Gasteiger partial charge in [-0.1, -0.05) is 0 Å². The van der Waals surface area contributed by atoms with Gasteiger partial charge in [0.25, 0.3) is 9.84 Å². The minimum atomic E-state index is -5.81. The van der Waals surface area contributed by atoms with Crippen LogP contribution in [0.25, 0.3) is 5.69 Å². The predicted molar refractivity (Wildman–Crippen MR) is 66.9 cm³/mol. The smallest absolute Gasteiger partial charge is 0.273 e. The fourth-order valence-electron chi connectivity index (χ4n) is 1.61. The van der Waals surface area contributed by atoms with Crippen LogP contribution >= 0.6 is 0 Å². The number of benzene rings is 1. The van der Waals surface area contributed by atoms with Gasteiger partial charge >= 0.3 is 5.51 Å². The molecule has 0 fully saturated rings. The van der Waals surface area contributed by atoms with Crippen molar-refractivity contribution in [3.63, 3.8) is 0 Å². The Morgan fingerprint density at radius 3 is 2.45 bits per heavy atom. The zero-order valence-corrected chi connectivity index (χ0v) is 12.3. The highest BCUT2D eigenvalue weighted by atomic mass is 32.2. The van der Waals surface area contributed by atoms with E-state index in [-0.39, 0.29) is 11.2 Å². The molecule has 1 aromatic carbocycles. The van der Waals surface area contributed by atoms with Gasteiger partial charge in [-0.25, -0.2) is 12.8 Å². The van der Waals surface area contributed by atoms with Gasteiger partial charge in [-0.2, -0.15) is 13.2 Å². The maximum Gasteiger partial charge on any atom is 0.501 e. The summed E-state index contributed by atoms with van der Waals surface area (Å²) in [6, 6.07) is 1.82. The van der Waals surface area contributed by atoms with Crippen LogP contribution in [0.1, 0.15) is 0 Å². The molecule has 0 N–H and O–H groups in total. The lowest BCUT2D eigenvalue weighted by Gasteiger charge is -2.14. The molecule has 1 heterocycles. The van der Waals surface area contributed by atoms with Crippen molar-refractivity contribution in [2.45, 2.75) is 15.6 Å². The quantitative estimate of drug-likeness (QED) is 0.777. The molecule has 12 heteroatoms. The molecule has 1 aromatic heterocycles. The summed E-state index contributed by atoms with van der Waals surface area (Å²) >= 11 is 0. The second-order valence-corrected chi connectivity index (χ2v) is 7.18. The van der Waals surface area contributed by atoms with Gasteiger partial charge in [-0.15, -0.1) is 10.2 Å². The Morgan fingerprint density at radius 1 is 1.27 bits per heavy atom. The number of hydrogen-bond acceptors (Lipinski definition) is 5. The molecule has 0 saturated heterocycles. The van der Waals surface area contributed by atoms with E-state index in [9.17, 15) is 30.2 Å². The molecule has 0 aliphatic carbocycles. The van der Waals surface area contributed by atoms with Crippen molar-refractivity contribution in [2.24, 2.45) is 0 Å². The third kappa shape index (κ3) is 2.75. The lowest BCUT2D eigenvalue weighted by molar-refractivity contribution is -0.0436. The van der Waals surface area contributed by atoms with E-state index in [1.807, 2.05) is 0 Å². The van der Waals surface area contributed by atoms with Crippen molar-refractivity contribution >= 4 is 20.6 Å². The van der Waals surface area contributed by atoms with Crippen molar-refractivity contribution < 1.29 is 30.2 Å². The molecule has 0 saturated carbocycles. The van der Waals surface area contributed by atoms with Crippen molar-refractivity contribution in [3.05, 3.63) is 30.3 Å². The summed E-state index contributed by atoms with van der Waals surface area (Å²) in [7, 11) is -7.57. The average Bonchev–Trinajstić information content (AvgIpc) is 2.86. The highest BCUT2D eigenvalue weighted by Gasteiger charge is 2.48. The van der Waals surface area contributed by atoms with E-state index < -0.39 is 42.5 Å². The zero-order valence-electron chi connectivity index (χ0n) is 10.7. The number of halogens is 4. The Kier molecular flexibility index (Phi) is 4.08. The Bertz CT molecular complexity index is 845. The van der Waals surface area contributed by atoms with Crippen LogP contribution in [0.2, 0.25) is 0 Å². The van der Waals surface area contributed by atoms with Gasteiger partial charge in [0.15, 0.2) is 0 Å². The summed E-state index contributed by atoms with van der Waals surface area (Å²) in [6.45, 7) is 0. The fourth-order valence-corrected chi connectivity index (χ4v) is 3.16. The highest BCUT2D eigenvalue weighted by Crippen LogP contribution is 2.34. The van der Waals surface area contributed by atoms with Gasteiger partial charge in [0, 0.05) is 6.26 Å². The molecule has 120 valence electrons. The summed E-state index contributed by atoms with van der Waals surface area (Å²) in [5, 5.41) is 6.55. The SMILES string of the molecule is CS(=O)c1nncn1-c1ccc(F)cc1S(=O)(=O)C(F)(F)F. The molecule has 6 nitrogen and oxygen atoms in total. The van der Waals surface area contributed by atoms with Crippen LogP contribution in [-0.2, 0) is 20.6 Å². The van der Waals surface area contributed by atoms with Gasteiger partial charge in [-0.3, -0.25) is 8.78 Å². The fraction of sp³-hybridized carbons (Fsp3) is 0.200. The van der Waals surface area contributed by atoms with Crippen LogP contribution in [0.4, 0.5) is 17.6 Å². The Hall–Kier alpha value is -1.82. The predicted octanol–water partition coefficient (Wildman–Crippen LogP) is 1.44. The van der Waals surface area contributed by atoms with Crippen molar-refractivity contribution in [3.8, 4) is 5.69 Å².